The number of methoxy groups -OCH3 is 2. The lowest BCUT2D eigenvalue weighted by Crippen LogP contribution is -2.35. The van der Waals surface area contributed by atoms with Gasteiger partial charge in [-0.2, -0.15) is 0 Å². The highest BCUT2D eigenvalue weighted by molar-refractivity contribution is 5.78. The molecule has 0 unspecified atom stereocenters. The molecule has 0 spiro atoms. The maximum atomic E-state index is 13.0. The van der Waals surface area contributed by atoms with E-state index < -0.39 is 12.1 Å². The summed E-state index contributed by atoms with van der Waals surface area (Å²) < 4.78 is 28.7. The number of nitrogens with zero attached hydrogens (tertiary/aromatic N) is 1. The van der Waals surface area contributed by atoms with E-state index in [0.29, 0.717) is 12.3 Å². The lowest BCUT2D eigenvalue weighted by molar-refractivity contribution is -0.148. The molecule has 6 heteroatoms. The Morgan fingerprint density at radius 3 is 2.29 bits per heavy atom. The number of halogens is 1. The Kier molecular flexibility index (Phi) is 4.55. The zero-order valence-corrected chi connectivity index (χ0v) is 13.4. The molecule has 0 amide bonds. The van der Waals surface area contributed by atoms with Crippen molar-refractivity contribution >= 4 is 11.7 Å². The summed E-state index contributed by atoms with van der Waals surface area (Å²) in [4.78, 5) is 14.1. The number of hydrogen-bond acceptors (Lipinski definition) is 5. The van der Waals surface area contributed by atoms with Gasteiger partial charge in [-0.3, -0.25) is 0 Å². The number of carbonyl (C=O) groups excluding carboxylic acids is 1. The molecule has 0 N–H and O–H groups in total. The minimum Gasteiger partial charge on any atom is -0.497 e. The van der Waals surface area contributed by atoms with Gasteiger partial charge in [0.1, 0.15) is 17.3 Å². The SMILES string of the molecule is COC(=O)[C@H](Oc1ccc(F)cc1)[C@@H]1CN1c1ccc(OC)cc1. The van der Waals surface area contributed by atoms with Crippen molar-refractivity contribution in [2.24, 2.45) is 0 Å². The van der Waals surface area contributed by atoms with E-state index in [2.05, 4.69) is 0 Å². The standard InChI is InChI=1S/C18H18FNO4/c1-22-14-9-5-13(6-10-14)20-11-16(20)17(18(21)23-2)24-15-7-3-12(19)4-8-15/h3-10,16-17H,11H2,1-2H3/t16-,17+,20?/m0/s1. The van der Waals surface area contributed by atoms with Crippen molar-refractivity contribution in [3.05, 3.63) is 54.3 Å². The molecule has 2 aromatic rings. The Balaban J connectivity index is 1.72. The molecule has 0 aliphatic carbocycles. The molecule has 5 nitrogen and oxygen atoms in total. The van der Waals surface area contributed by atoms with Crippen LogP contribution in [0.5, 0.6) is 11.5 Å². The van der Waals surface area contributed by atoms with E-state index in [9.17, 15) is 9.18 Å². The summed E-state index contributed by atoms with van der Waals surface area (Å²) in [5, 5.41) is 0. The first-order valence-corrected chi connectivity index (χ1v) is 7.53. The normalized spacial score (nSPS) is 17.1. The van der Waals surface area contributed by atoms with Gasteiger partial charge in [0.2, 0.25) is 6.10 Å². The number of esters is 1. The molecule has 1 saturated heterocycles. The van der Waals surface area contributed by atoms with Crippen molar-refractivity contribution in [2.45, 2.75) is 12.1 Å². The van der Waals surface area contributed by atoms with Gasteiger partial charge in [0.15, 0.2) is 0 Å². The summed E-state index contributed by atoms with van der Waals surface area (Å²) in [6.45, 7) is 0.674. The van der Waals surface area contributed by atoms with Crippen LogP contribution in [-0.2, 0) is 9.53 Å². The minimum atomic E-state index is -0.775. The van der Waals surface area contributed by atoms with Crippen molar-refractivity contribution < 1.29 is 23.4 Å². The fourth-order valence-electron chi connectivity index (χ4n) is 2.54. The van der Waals surface area contributed by atoms with E-state index in [1.165, 1.54) is 31.4 Å². The second-order valence-corrected chi connectivity index (χ2v) is 5.43. The van der Waals surface area contributed by atoms with E-state index in [0.717, 1.165) is 11.4 Å². The molecule has 1 aliphatic heterocycles. The van der Waals surface area contributed by atoms with E-state index in [4.69, 9.17) is 14.2 Å². The van der Waals surface area contributed by atoms with Crippen LogP contribution in [0.2, 0.25) is 0 Å². The second-order valence-electron chi connectivity index (χ2n) is 5.43. The van der Waals surface area contributed by atoms with Crippen molar-refractivity contribution in [2.75, 3.05) is 25.7 Å². The van der Waals surface area contributed by atoms with Gasteiger partial charge in [-0.25, -0.2) is 9.18 Å². The fourth-order valence-corrected chi connectivity index (χ4v) is 2.54. The van der Waals surface area contributed by atoms with Crippen molar-refractivity contribution in [3.8, 4) is 11.5 Å². The largest absolute Gasteiger partial charge is 0.497 e. The third-order valence-electron chi connectivity index (χ3n) is 3.91. The Hall–Kier alpha value is -2.76. The Morgan fingerprint density at radius 1 is 1.08 bits per heavy atom. The van der Waals surface area contributed by atoms with Crippen LogP contribution in [0.1, 0.15) is 0 Å². The van der Waals surface area contributed by atoms with Crippen LogP contribution < -0.4 is 14.4 Å². The number of ether oxygens (including phenoxy) is 3. The number of carbonyl (C=O) groups is 1. The first-order chi connectivity index (χ1) is 11.6. The highest BCUT2D eigenvalue weighted by atomic mass is 19.1. The molecule has 126 valence electrons. The summed E-state index contributed by atoms with van der Waals surface area (Å²) in [7, 11) is 2.93. The Morgan fingerprint density at radius 2 is 1.71 bits per heavy atom. The summed E-state index contributed by atoms with van der Waals surface area (Å²) in [5.41, 5.74) is 0.970. The van der Waals surface area contributed by atoms with E-state index in [1.54, 1.807) is 7.11 Å². The maximum Gasteiger partial charge on any atom is 0.349 e. The van der Waals surface area contributed by atoms with Crippen molar-refractivity contribution in [1.29, 1.82) is 0 Å². The van der Waals surface area contributed by atoms with Crippen LogP contribution in [0.15, 0.2) is 48.5 Å². The fraction of sp³-hybridized carbons (Fsp3) is 0.278. The quantitative estimate of drug-likeness (QED) is 0.602. The molecule has 2 atom stereocenters. The number of benzene rings is 2. The van der Waals surface area contributed by atoms with Gasteiger partial charge in [-0.15, -0.1) is 0 Å². The van der Waals surface area contributed by atoms with E-state index in [-0.39, 0.29) is 11.9 Å². The number of rotatable bonds is 6. The van der Waals surface area contributed by atoms with E-state index in [1.807, 2.05) is 29.2 Å². The van der Waals surface area contributed by atoms with Gasteiger partial charge in [0.25, 0.3) is 0 Å². The molecular weight excluding hydrogens is 313 g/mol. The lowest BCUT2D eigenvalue weighted by Gasteiger charge is -2.17. The van der Waals surface area contributed by atoms with Crippen LogP contribution in [-0.4, -0.2) is 38.9 Å². The maximum absolute atomic E-state index is 13.0. The third-order valence-corrected chi connectivity index (χ3v) is 3.91. The van der Waals surface area contributed by atoms with Gasteiger partial charge >= 0.3 is 5.97 Å². The summed E-state index contributed by atoms with van der Waals surface area (Å²) >= 11 is 0. The molecule has 0 radical (unpaired) electrons. The molecule has 1 aliphatic rings. The summed E-state index contributed by atoms with van der Waals surface area (Å²) in [5.74, 6) is 0.376. The molecule has 2 aromatic carbocycles. The topological polar surface area (TPSA) is 47.8 Å². The average Bonchev–Trinajstić information content (AvgIpc) is 3.41. The van der Waals surface area contributed by atoms with Crippen LogP contribution in [0.4, 0.5) is 10.1 Å². The summed E-state index contributed by atoms with van der Waals surface area (Å²) in [6, 6.07) is 13.0. The van der Waals surface area contributed by atoms with Gasteiger partial charge in [-0.05, 0) is 48.5 Å². The summed E-state index contributed by atoms with van der Waals surface area (Å²) in [6.07, 6.45) is -0.775. The first kappa shape index (κ1) is 16.1. The number of anilines is 1. The van der Waals surface area contributed by atoms with Crippen molar-refractivity contribution in [3.63, 3.8) is 0 Å². The molecule has 0 bridgehead atoms. The average molecular weight is 331 g/mol. The molecule has 1 fully saturated rings. The zero-order valence-electron chi connectivity index (χ0n) is 13.4. The lowest BCUT2D eigenvalue weighted by atomic mass is 10.2. The Bertz CT molecular complexity index is 702. The van der Waals surface area contributed by atoms with Gasteiger partial charge in [-0.1, -0.05) is 0 Å². The molecule has 0 aromatic heterocycles. The molecular formula is C18H18FNO4. The predicted octanol–water partition coefficient (Wildman–Crippen LogP) is 2.64. The predicted molar refractivity (Wildman–Crippen MR) is 87.0 cm³/mol. The second kappa shape index (κ2) is 6.78. The van der Waals surface area contributed by atoms with Gasteiger partial charge < -0.3 is 19.1 Å². The number of hydrogen-bond donors (Lipinski definition) is 0. The van der Waals surface area contributed by atoms with Gasteiger partial charge in [0.05, 0.1) is 20.3 Å². The monoisotopic (exact) mass is 331 g/mol. The first-order valence-electron chi connectivity index (χ1n) is 7.53. The zero-order chi connectivity index (χ0) is 17.1. The Labute approximate surface area is 139 Å². The highest BCUT2D eigenvalue weighted by Crippen LogP contribution is 2.33. The molecule has 24 heavy (non-hydrogen) atoms. The van der Waals surface area contributed by atoms with Crippen molar-refractivity contribution in [1.82, 2.24) is 0 Å². The molecule has 3 rings (SSSR count). The molecule has 0 saturated carbocycles. The van der Waals surface area contributed by atoms with Crippen LogP contribution in [0, 0.1) is 5.82 Å². The highest BCUT2D eigenvalue weighted by Gasteiger charge is 2.46. The third kappa shape index (κ3) is 3.42. The minimum absolute atomic E-state index is 0.129. The smallest absolute Gasteiger partial charge is 0.349 e. The van der Waals surface area contributed by atoms with Gasteiger partial charge in [0, 0.05) is 12.2 Å². The van der Waals surface area contributed by atoms with E-state index >= 15 is 0 Å². The van der Waals surface area contributed by atoms with Crippen LogP contribution in [0.3, 0.4) is 0 Å². The van der Waals surface area contributed by atoms with Crippen LogP contribution >= 0.6 is 0 Å². The molecule has 1 heterocycles. The van der Waals surface area contributed by atoms with Crippen LogP contribution in [0.25, 0.3) is 0 Å².